The van der Waals surface area contributed by atoms with Crippen LogP contribution in [0.4, 0.5) is 11.5 Å². The van der Waals surface area contributed by atoms with Gasteiger partial charge in [0, 0.05) is 17.1 Å². The highest BCUT2D eigenvalue weighted by Crippen LogP contribution is 2.36. The molecule has 158 valence electrons. The van der Waals surface area contributed by atoms with E-state index in [1.54, 1.807) is 21.3 Å². The fourth-order valence-electron chi connectivity index (χ4n) is 3.14. The largest absolute Gasteiger partial charge is 0.493 e. The van der Waals surface area contributed by atoms with Crippen LogP contribution < -0.4 is 24.3 Å². The highest BCUT2D eigenvalue weighted by Gasteiger charge is 2.11. The predicted molar refractivity (Wildman–Crippen MR) is 125 cm³/mol. The lowest BCUT2D eigenvalue weighted by atomic mass is 10.2. The van der Waals surface area contributed by atoms with Crippen LogP contribution in [0.25, 0.3) is 10.9 Å². The van der Waals surface area contributed by atoms with Crippen molar-refractivity contribution in [1.29, 1.82) is 0 Å². The first-order chi connectivity index (χ1) is 15.1. The third-order valence-corrected chi connectivity index (χ3v) is 5.29. The van der Waals surface area contributed by atoms with Gasteiger partial charge in [0.1, 0.15) is 11.6 Å². The summed E-state index contributed by atoms with van der Waals surface area (Å²) in [6.45, 7) is 0. The number of hydrogen-bond acceptors (Lipinski definition) is 6. The highest BCUT2D eigenvalue weighted by molar-refractivity contribution is 9.10. The van der Waals surface area contributed by atoms with Gasteiger partial charge in [-0.3, -0.25) is 0 Å². The molecule has 0 spiro atoms. The molecule has 0 radical (unpaired) electrons. The van der Waals surface area contributed by atoms with E-state index in [-0.39, 0.29) is 0 Å². The van der Waals surface area contributed by atoms with Gasteiger partial charge in [-0.25, -0.2) is 4.98 Å². The molecule has 7 heteroatoms. The molecule has 4 rings (SSSR count). The van der Waals surface area contributed by atoms with E-state index in [2.05, 4.69) is 21.2 Å². The van der Waals surface area contributed by atoms with E-state index in [0.717, 1.165) is 21.1 Å². The summed E-state index contributed by atoms with van der Waals surface area (Å²) in [7, 11) is 4.84. The lowest BCUT2D eigenvalue weighted by Crippen LogP contribution is -1.97. The first kappa shape index (κ1) is 20.8. The number of anilines is 2. The maximum Gasteiger partial charge on any atom is 0.169 e. The Bertz CT molecular complexity index is 1210. The van der Waals surface area contributed by atoms with E-state index >= 15 is 0 Å². The molecule has 4 aromatic rings. The Morgan fingerprint density at radius 3 is 2.06 bits per heavy atom. The minimum absolute atomic E-state index is 0.633. The van der Waals surface area contributed by atoms with E-state index in [4.69, 9.17) is 23.9 Å². The lowest BCUT2D eigenvalue weighted by Gasteiger charge is -2.13. The average molecular weight is 481 g/mol. The Hall–Kier alpha value is -3.45. The molecule has 0 amide bonds. The van der Waals surface area contributed by atoms with Gasteiger partial charge in [-0.2, -0.15) is 0 Å². The first-order valence-electron chi connectivity index (χ1n) is 9.51. The number of methoxy groups -OCH3 is 3. The van der Waals surface area contributed by atoms with Crippen molar-refractivity contribution in [3.8, 4) is 28.7 Å². The Morgan fingerprint density at radius 2 is 1.39 bits per heavy atom. The monoisotopic (exact) mass is 480 g/mol. The topological polar surface area (TPSA) is 61.8 Å². The molecule has 1 aromatic heterocycles. The number of rotatable bonds is 7. The first-order valence-corrected chi connectivity index (χ1v) is 10.3. The summed E-state index contributed by atoms with van der Waals surface area (Å²) in [5.41, 5.74) is 1.67. The highest BCUT2D eigenvalue weighted by atomic mass is 79.9. The number of benzene rings is 3. The minimum atomic E-state index is 0.633. The summed E-state index contributed by atoms with van der Waals surface area (Å²) in [5, 5.41) is 4.27. The van der Waals surface area contributed by atoms with Gasteiger partial charge in [-0.15, -0.1) is 0 Å². The van der Waals surface area contributed by atoms with E-state index in [0.29, 0.717) is 34.6 Å². The van der Waals surface area contributed by atoms with Crippen molar-refractivity contribution in [2.24, 2.45) is 0 Å². The number of pyridine rings is 1. The van der Waals surface area contributed by atoms with Crippen LogP contribution in [0.2, 0.25) is 0 Å². The maximum atomic E-state index is 5.93. The van der Waals surface area contributed by atoms with Crippen LogP contribution in [-0.4, -0.2) is 26.3 Å². The molecule has 3 aromatic carbocycles. The summed E-state index contributed by atoms with van der Waals surface area (Å²) >= 11 is 3.60. The molecule has 1 heterocycles. The molecule has 0 saturated carbocycles. The third kappa shape index (κ3) is 4.51. The molecular weight excluding hydrogens is 460 g/mol. The molecule has 0 atom stereocenters. The molecule has 0 saturated heterocycles. The average Bonchev–Trinajstić information content (AvgIpc) is 2.80. The van der Waals surface area contributed by atoms with Gasteiger partial charge >= 0.3 is 0 Å². The van der Waals surface area contributed by atoms with E-state index in [9.17, 15) is 0 Å². The normalized spacial score (nSPS) is 10.6. The van der Waals surface area contributed by atoms with Crippen molar-refractivity contribution in [1.82, 2.24) is 4.98 Å². The van der Waals surface area contributed by atoms with Crippen LogP contribution in [0.3, 0.4) is 0 Å². The minimum Gasteiger partial charge on any atom is -0.493 e. The van der Waals surface area contributed by atoms with E-state index in [1.807, 2.05) is 66.7 Å². The summed E-state index contributed by atoms with van der Waals surface area (Å²) in [6, 6.07) is 20.9. The van der Waals surface area contributed by atoms with Crippen molar-refractivity contribution in [2.75, 3.05) is 26.6 Å². The summed E-state index contributed by atoms with van der Waals surface area (Å²) in [5.74, 6) is 4.04. The van der Waals surface area contributed by atoms with Gasteiger partial charge in [0.05, 0.1) is 31.3 Å². The predicted octanol–water partition coefficient (Wildman–Crippen LogP) is 6.56. The van der Waals surface area contributed by atoms with Crippen LogP contribution in [0.5, 0.6) is 28.7 Å². The molecule has 6 nitrogen and oxygen atoms in total. The molecule has 0 aliphatic rings. The van der Waals surface area contributed by atoms with E-state index < -0.39 is 0 Å². The van der Waals surface area contributed by atoms with Crippen LogP contribution in [0.15, 0.2) is 71.2 Å². The van der Waals surface area contributed by atoms with Crippen LogP contribution in [-0.2, 0) is 0 Å². The SMILES string of the molecule is COc1cc2cc(Br)c(Nc3ccc(Oc4ccccc4OC)cc3)nc2cc1OC. The Kier molecular flexibility index (Phi) is 6.13. The molecule has 1 N–H and O–H groups in total. The second kappa shape index (κ2) is 9.14. The van der Waals surface area contributed by atoms with Gasteiger partial charge in [-0.1, -0.05) is 12.1 Å². The number of nitrogens with zero attached hydrogens (tertiary/aromatic N) is 1. The van der Waals surface area contributed by atoms with Crippen molar-refractivity contribution < 1.29 is 18.9 Å². The fourth-order valence-corrected chi connectivity index (χ4v) is 3.57. The smallest absolute Gasteiger partial charge is 0.169 e. The lowest BCUT2D eigenvalue weighted by molar-refractivity contribution is 0.356. The number of para-hydroxylation sites is 2. The van der Waals surface area contributed by atoms with Crippen molar-refractivity contribution in [3.63, 3.8) is 0 Å². The molecule has 0 fully saturated rings. The molecule has 0 unspecified atom stereocenters. The quantitative estimate of drug-likeness (QED) is 0.323. The molecule has 0 aliphatic carbocycles. The number of nitrogens with one attached hydrogen (secondary N) is 1. The summed E-state index contributed by atoms with van der Waals surface area (Å²) < 4.78 is 22.9. The van der Waals surface area contributed by atoms with Gasteiger partial charge in [0.15, 0.2) is 23.0 Å². The second-order valence-corrected chi connectivity index (χ2v) is 7.48. The van der Waals surface area contributed by atoms with Crippen molar-refractivity contribution in [3.05, 3.63) is 71.2 Å². The number of aromatic nitrogens is 1. The Labute approximate surface area is 188 Å². The number of halogens is 1. The van der Waals surface area contributed by atoms with Gasteiger partial charge in [0.25, 0.3) is 0 Å². The molecule has 31 heavy (non-hydrogen) atoms. The van der Waals surface area contributed by atoms with Crippen LogP contribution in [0.1, 0.15) is 0 Å². The zero-order valence-corrected chi connectivity index (χ0v) is 18.9. The number of ether oxygens (including phenoxy) is 4. The summed E-state index contributed by atoms with van der Waals surface area (Å²) in [4.78, 5) is 4.73. The summed E-state index contributed by atoms with van der Waals surface area (Å²) in [6.07, 6.45) is 0. The van der Waals surface area contributed by atoms with Gasteiger partial charge < -0.3 is 24.3 Å². The Morgan fingerprint density at radius 1 is 0.742 bits per heavy atom. The zero-order valence-electron chi connectivity index (χ0n) is 17.3. The fraction of sp³-hybridized carbons (Fsp3) is 0.125. The number of fused-ring (bicyclic) bond motifs is 1. The third-order valence-electron chi connectivity index (χ3n) is 4.69. The zero-order chi connectivity index (χ0) is 21.8. The second-order valence-electron chi connectivity index (χ2n) is 6.62. The molecular formula is C24H21BrN2O4. The standard InChI is InChI=1S/C24H21BrN2O4/c1-28-20-6-4-5-7-21(20)31-17-10-8-16(9-11-17)26-24-18(25)12-15-13-22(29-2)23(30-3)14-19(15)27-24/h4-14H,1-3H3,(H,26,27). The maximum absolute atomic E-state index is 5.93. The van der Waals surface area contributed by atoms with E-state index in [1.165, 1.54) is 0 Å². The van der Waals surface area contributed by atoms with Crippen LogP contribution >= 0.6 is 15.9 Å². The Balaban J connectivity index is 1.56. The molecule has 0 aliphatic heterocycles. The van der Waals surface area contributed by atoms with Crippen molar-refractivity contribution in [2.45, 2.75) is 0 Å². The van der Waals surface area contributed by atoms with Gasteiger partial charge in [-0.05, 0) is 64.5 Å². The van der Waals surface area contributed by atoms with Crippen LogP contribution in [0, 0.1) is 0 Å². The van der Waals surface area contributed by atoms with Crippen molar-refractivity contribution >= 4 is 38.3 Å². The van der Waals surface area contributed by atoms with Gasteiger partial charge in [0.2, 0.25) is 0 Å². The number of hydrogen-bond donors (Lipinski definition) is 1. The molecule has 0 bridgehead atoms.